The molecular formula is C24H22N2O4S. The van der Waals surface area contributed by atoms with Gasteiger partial charge in [-0.05, 0) is 48.5 Å². The zero-order valence-electron chi connectivity index (χ0n) is 17.3. The van der Waals surface area contributed by atoms with Crippen LogP contribution in [-0.4, -0.2) is 36.1 Å². The molecule has 0 N–H and O–H groups in total. The van der Waals surface area contributed by atoms with E-state index in [2.05, 4.69) is 0 Å². The molecule has 158 valence electrons. The molecule has 4 aromatic rings. The first-order chi connectivity index (χ1) is 15.2. The minimum Gasteiger partial charge on any atom is -0.497 e. The van der Waals surface area contributed by atoms with Gasteiger partial charge in [0.2, 0.25) is 0 Å². The van der Waals surface area contributed by atoms with Gasteiger partial charge < -0.3 is 14.2 Å². The van der Waals surface area contributed by atoms with Gasteiger partial charge in [-0.25, -0.2) is 4.98 Å². The second-order valence-corrected chi connectivity index (χ2v) is 7.66. The van der Waals surface area contributed by atoms with Crippen molar-refractivity contribution in [1.82, 2.24) is 9.55 Å². The summed E-state index contributed by atoms with van der Waals surface area (Å²) in [7, 11) is 3.22. The Kier molecular flexibility index (Phi) is 6.43. The van der Waals surface area contributed by atoms with Crippen LogP contribution < -0.4 is 19.8 Å². The molecule has 0 saturated heterocycles. The molecule has 7 heteroatoms. The molecule has 31 heavy (non-hydrogen) atoms. The maximum Gasteiger partial charge on any atom is 0.266 e. The van der Waals surface area contributed by atoms with Crippen LogP contribution in [0.2, 0.25) is 0 Å². The highest BCUT2D eigenvalue weighted by molar-refractivity contribution is 7.99. The second kappa shape index (κ2) is 9.57. The van der Waals surface area contributed by atoms with E-state index >= 15 is 0 Å². The number of rotatable bonds is 8. The molecule has 0 aliphatic carbocycles. The first-order valence-corrected chi connectivity index (χ1v) is 10.7. The quantitative estimate of drug-likeness (QED) is 0.230. The lowest BCUT2D eigenvalue weighted by Gasteiger charge is -2.15. The number of hydrogen-bond donors (Lipinski definition) is 0. The Morgan fingerprint density at radius 3 is 2.35 bits per heavy atom. The van der Waals surface area contributed by atoms with Crippen LogP contribution in [0.25, 0.3) is 16.6 Å². The lowest BCUT2D eigenvalue weighted by molar-refractivity contribution is 0.342. The van der Waals surface area contributed by atoms with Crippen LogP contribution in [0.4, 0.5) is 0 Å². The molecule has 0 aliphatic heterocycles. The molecule has 3 aromatic carbocycles. The lowest BCUT2D eigenvalue weighted by atomic mass is 10.2. The van der Waals surface area contributed by atoms with Gasteiger partial charge in [0.1, 0.15) is 17.2 Å². The van der Waals surface area contributed by atoms with Gasteiger partial charge in [-0.2, -0.15) is 0 Å². The minimum atomic E-state index is -0.131. The van der Waals surface area contributed by atoms with Gasteiger partial charge in [0.15, 0.2) is 5.16 Å². The average molecular weight is 435 g/mol. The molecule has 0 spiro atoms. The Morgan fingerprint density at radius 1 is 0.871 bits per heavy atom. The van der Waals surface area contributed by atoms with E-state index in [9.17, 15) is 4.79 Å². The van der Waals surface area contributed by atoms with E-state index in [0.29, 0.717) is 39.9 Å². The SMILES string of the molecule is COc1ccc(OCCSc2nc3ccccc3c(=O)n2-c2ccccc2OC)cc1. The van der Waals surface area contributed by atoms with Crippen molar-refractivity contribution in [2.75, 3.05) is 26.6 Å². The van der Waals surface area contributed by atoms with Crippen LogP contribution >= 0.6 is 11.8 Å². The zero-order chi connectivity index (χ0) is 21.6. The number of fused-ring (bicyclic) bond motifs is 1. The molecule has 0 aliphatic rings. The molecule has 6 nitrogen and oxygen atoms in total. The zero-order valence-corrected chi connectivity index (χ0v) is 18.1. The largest absolute Gasteiger partial charge is 0.497 e. The van der Waals surface area contributed by atoms with Crippen LogP contribution in [-0.2, 0) is 0 Å². The summed E-state index contributed by atoms with van der Waals surface area (Å²) in [6, 6.07) is 22.2. The van der Waals surface area contributed by atoms with Crippen LogP contribution in [0.15, 0.2) is 82.7 Å². The summed E-state index contributed by atoms with van der Waals surface area (Å²) >= 11 is 1.46. The number of methoxy groups -OCH3 is 2. The topological polar surface area (TPSA) is 62.6 Å². The smallest absolute Gasteiger partial charge is 0.266 e. The Bertz CT molecular complexity index is 1240. The molecule has 0 amide bonds. The number of thioether (sulfide) groups is 1. The van der Waals surface area contributed by atoms with Crippen molar-refractivity contribution < 1.29 is 14.2 Å². The average Bonchev–Trinajstić information content (AvgIpc) is 2.82. The van der Waals surface area contributed by atoms with Crippen molar-refractivity contribution in [3.05, 3.63) is 83.2 Å². The fourth-order valence-corrected chi connectivity index (χ4v) is 4.02. The van der Waals surface area contributed by atoms with E-state index in [1.807, 2.05) is 66.7 Å². The molecule has 1 aromatic heterocycles. The molecule has 0 bridgehead atoms. The highest BCUT2D eigenvalue weighted by atomic mass is 32.2. The first-order valence-electron chi connectivity index (χ1n) is 9.76. The molecule has 0 radical (unpaired) electrons. The summed E-state index contributed by atoms with van der Waals surface area (Å²) < 4.78 is 18.1. The normalized spacial score (nSPS) is 10.8. The Hall–Kier alpha value is -3.45. The number of benzene rings is 3. The van der Waals surface area contributed by atoms with Crippen molar-refractivity contribution in [2.45, 2.75) is 5.16 Å². The highest BCUT2D eigenvalue weighted by Gasteiger charge is 2.16. The molecular weight excluding hydrogens is 412 g/mol. The molecule has 0 atom stereocenters. The molecule has 0 fully saturated rings. The number of aromatic nitrogens is 2. The van der Waals surface area contributed by atoms with E-state index in [4.69, 9.17) is 19.2 Å². The van der Waals surface area contributed by atoms with Crippen LogP contribution in [0, 0.1) is 0 Å². The van der Waals surface area contributed by atoms with E-state index in [1.165, 1.54) is 11.8 Å². The molecule has 1 heterocycles. The fraction of sp³-hybridized carbons (Fsp3) is 0.167. The number of para-hydroxylation sites is 3. The van der Waals surface area contributed by atoms with Gasteiger partial charge in [0.25, 0.3) is 5.56 Å². The summed E-state index contributed by atoms with van der Waals surface area (Å²) in [5.74, 6) is 2.77. The summed E-state index contributed by atoms with van der Waals surface area (Å²) in [5.41, 5.74) is 1.19. The monoisotopic (exact) mass is 434 g/mol. The fourth-order valence-electron chi connectivity index (χ4n) is 3.20. The Morgan fingerprint density at radius 2 is 1.58 bits per heavy atom. The van der Waals surface area contributed by atoms with Crippen LogP contribution in [0.3, 0.4) is 0 Å². The maximum absolute atomic E-state index is 13.3. The minimum absolute atomic E-state index is 0.131. The van der Waals surface area contributed by atoms with Crippen molar-refractivity contribution >= 4 is 22.7 Å². The van der Waals surface area contributed by atoms with Crippen LogP contribution in [0.1, 0.15) is 0 Å². The molecule has 0 saturated carbocycles. The van der Waals surface area contributed by atoms with E-state index < -0.39 is 0 Å². The van der Waals surface area contributed by atoms with Gasteiger partial charge >= 0.3 is 0 Å². The molecule has 0 unspecified atom stereocenters. The van der Waals surface area contributed by atoms with E-state index in [0.717, 1.165) is 11.5 Å². The van der Waals surface area contributed by atoms with E-state index in [-0.39, 0.29) is 5.56 Å². The summed E-state index contributed by atoms with van der Waals surface area (Å²) in [4.78, 5) is 18.1. The first kappa shape index (κ1) is 20.8. The third kappa shape index (κ3) is 4.51. The second-order valence-electron chi connectivity index (χ2n) is 6.60. The number of ether oxygens (including phenoxy) is 3. The van der Waals surface area contributed by atoms with Crippen LogP contribution in [0.5, 0.6) is 17.2 Å². The third-order valence-electron chi connectivity index (χ3n) is 4.71. The highest BCUT2D eigenvalue weighted by Crippen LogP contribution is 2.27. The maximum atomic E-state index is 13.3. The number of hydrogen-bond acceptors (Lipinski definition) is 6. The summed E-state index contributed by atoms with van der Waals surface area (Å²) in [5, 5.41) is 1.15. The van der Waals surface area contributed by atoms with Gasteiger partial charge in [0, 0.05) is 5.75 Å². The number of nitrogens with zero attached hydrogens (tertiary/aromatic N) is 2. The van der Waals surface area contributed by atoms with Gasteiger partial charge in [-0.1, -0.05) is 36.0 Å². The Labute approximate surface area is 184 Å². The summed E-state index contributed by atoms with van der Waals surface area (Å²) in [6.45, 7) is 0.464. The van der Waals surface area contributed by atoms with Gasteiger partial charge in [-0.15, -0.1) is 0 Å². The predicted octanol–water partition coefficient (Wildman–Crippen LogP) is 4.57. The third-order valence-corrected chi connectivity index (χ3v) is 5.62. The molecule has 4 rings (SSSR count). The lowest BCUT2D eigenvalue weighted by Crippen LogP contribution is -2.22. The predicted molar refractivity (Wildman–Crippen MR) is 123 cm³/mol. The summed E-state index contributed by atoms with van der Waals surface area (Å²) in [6.07, 6.45) is 0. The van der Waals surface area contributed by atoms with E-state index in [1.54, 1.807) is 24.9 Å². The van der Waals surface area contributed by atoms with Gasteiger partial charge in [0.05, 0.1) is 37.4 Å². The van der Waals surface area contributed by atoms with Crippen molar-refractivity contribution in [3.8, 4) is 22.9 Å². The standard InChI is InChI=1S/C24H22N2O4S/c1-28-17-11-13-18(14-12-17)30-15-16-31-24-25-20-8-4-3-7-19(20)23(27)26(24)21-9-5-6-10-22(21)29-2/h3-14H,15-16H2,1-2H3. The van der Waals surface area contributed by atoms with Crippen molar-refractivity contribution in [1.29, 1.82) is 0 Å². The Balaban J connectivity index is 1.62. The van der Waals surface area contributed by atoms with Crippen molar-refractivity contribution in [2.24, 2.45) is 0 Å². The van der Waals surface area contributed by atoms with Crippen molar-refractivity contribution in [3.63, 3.8) is 0 Å². The van der Waals surface area contributed by atoms with Gasteiger partial charge in [-0.3, -0.25) is 9.36 Å².